The molecule has 15 heavy (non-hydrogen) atoms. The van der Waals surface area contributed by atoms with Crippen molar-refractivity contribution in [3.63, 3.8) is 0 Å². The van der Waals surface area contributed by atoms with Gasteiger partial charge in [-0.25, -0.2) is 9.59 Å². The maximum absolute atomic E-state index is 11.3. The first kappa shape index (κ1) is 11.0. The van der Waals surface area contributed by atoms with Gasteiger partial charge in [-0.2, -0.15) is 0 Å². The molecule has 5 heteroatoms. The van der Waals surface area contributed by atoms with Crippen molar-refractivity contribution in [2.45, 2.75) is 6.92 Å². The summed E-state index contributed by atoms with van der Waals surface area (Å²) in [6, 6.07) is 6.31. The van der Waals surface area contributed by atoms with Crippen LogP contribution in [0.3, 0.4) is 0 Å². The fourth-order valence-corrected chi connectivity index (χ4v) is 0.961. The molecule has 0 saturated carbocycles. The number of nitrogens with two attached hydrogens (primary N) is 1. The minimum absolute atomic E-state index is 0.144. The van der Waals surface area contributed by atoms with Crippen molar-refractivity contribution in [3.05, 3.63) is 29.8 Å². The van der Waals surface area contributed by atoms with Crippen LogP contribution in [0, 0.1) is 0 Å². The highest BCUT2D eigenvalue weighted by atomic mass is 16.7. The lowest BCUT2D eigenvalue weighted by atomic mass is 10.2. The Morgan fingerprint density at radius 3 is 2.60 bits per heavy atom. The van der Waals surface area contributed by atoms with Crippen LogP contribution in [0.2, 0.25) is 0 Å². The molecule has 0 aliphatic rings. The van der Waals surface area contributed by atoms with Crippen molar-refractivity contribution in [2.24, 2.45) is 0 Å². The quantitative estimate of drug-likeness (QED) is 0.454. The molecule has 0 unspecified atom stereocenters. The molecule has 0 aromatic heterocycles. The first-order valence-corrected chi connectivity index (χ1v) is 4.38. The molecule has 1 aromatic carbocycles. The smallest absolute Gasteiger partial charge is 0.434 e. The minimum atomic E-state index is -1.02. The van der Waals surface area contributed by atoms with Gasteiger partial charge < -0.3 is 15.2 Å². The number of hydrogen-bond donors (Lipinski definition) is 1. The minimum Gasteiger partial charge on any atom is -0.434 e. The van der Waals surface area contributed by atoms with Crippen LogP contribution in [-0.4, -0.2) is 18.7 Å². The summed E-state index contributed by atoms with van der Waals surface area (Å²) >= 11 is 0. The lowest BCUT2D eigenvalue weighted by Gasteiger charge is -2.04. The Kier molecular flexibility index (Phi) is 3.68. The predicted molar refractivity (Wildman–Crippen MR) is 53.3 cm³/mol. The van der Waals surface area contributed by atoms with Crippen LogP contribution in [0.25, 0.3) is 0 Å². The summed E-state index contributed by atoms with van der Waals surface area (Å²) in [5, 5.41) is 0. The zero-order valence-electron chi connectivity index (χ0n) is 8.23. The third-order valence-electron chi connectivity index (χ3n) is 1.62. The second kappa shape index (κ2) is 4.99. The van der Waals surface area contributed by atoms with Crippen molar-refractivity contribution < 1.29 is 19.1 Å². The van der Waals surface area contributed by atoms with Crippen LogP contribution < -0.4 is 5.73 Å². The van der Waals surface area contributed by atoms with Gasteiger partial charge in [-0.1, -0.05) is 12.1 Å². The van der Waals surface area contributed by atoms with E-state index in [1.807, 2.05) is 0 Å². The number of ether oxygens (including phenoxy) is 2. The van der Waals surface area contributed by atoms with E-state index in [0.29, 0.717) is 0 Å². The number of anilines is 1. The Labute approximate surface area is 86.8 Å². The summed E-state index contributed by atoms with van der Waals surface area (Å²) in [7, 11) is 0. The number of rotatable bonds is 2. The molecule has 0 bridgehead atoms. The molecular formula is C10H11NO4. The number of hydrogen-bond acceptors (Lipinski definition) is 5. The van der Waals surface area contributed by atoms with Crippen molar-refractivity contribution >= 4 is 17.8 Å². The Bertz CT molecular complexity index is 375. The van der Waals surface area contributed by atoms with Crippen LogP contribution in [-0.2, 0) is 9.47 Å². The lowest BCUT2D eigenvalue weighted by molar-refractivity contribution is 0.0402. The van der Waals surface area contributed by atoms with Gasteiger partial charge in [0.05, 0.1) is 12.2 Å². The third kappa shape index (κ3) is 2.98. The standard InChI is InChI=1S/C10H11NO4/c1-2-14-10(13)15-9(12)7-5-3-4-6-8(7)11/h3-6H,2,11H2,1H3. The largest absolute Gasteiger partial charge is 0.516 e. The highest BCUT2D eigenvalue weighted by molar-refractivity contribution is 5.99. The average Bonchev–Trinajstić information content (AvgIpc) is 2.18. The molecule has 0 amide bonds. The summed E-state index contributed by atoms with van der Waals surface area (Å²) in [6.07, 6.45) is -1.02. The number of benzene rings is 1. The molecule has 2 N–H and O–H groups in total. The van der Waals surface area contributed by atoms with Gasteiger partial charge in [0.2, 0.25) is 0 Å². The topological polar surface area (TPSA) is 78.6 Å². The third-order valence-corrected chi connectivity index (χ3v) is 1.62. The normalized spacial score (nSPS) is 9.40. The van der Waals surface area contributed by atoms with Crippen LogP contribution in [0.5, 0.6) is 0 Å². The number of esters is 1. The molecular weight excluding hydrogens is 198 g/mol. The number of para-hydroxylation sites is 1. The van der Waals surface area contributed by atoms with Crippen LogP contribution in [0.4, 0.5) is 10.5 Å². The predicted octanol–water partition coefficient (Wildman–Crippen LogP) is 1.58. The van der Waals surface area contributed by atoms with Gasteiger partial charge in [0.1, 0.15) is 0 Å². The molecule has 0 aliphatic carbocycles. The van der Waals surface area contributed by atoms with Gasteiger partial charge in [-0.3, -0.25) is 0 Å². The molecule has 0 heterocycles. The van der Waals surface area contributed by atoms with Crippen molar-refractivity contribution in [2.75, 3.05) is 12.3 Å². The Morgan fingerprint density at radius 1 is 1.33 bits per heavy atom. The van der Waals surface area contributed by atoms with E-state index in [2.05, 4.69) is 9.47 Å². The van der Waals surface area contributed by atoms with Gasteiger partial charge in [0.15, 0.2) is 0 Å². The molecule has 0 aliphatic heterocycles. The maximum atomic E-state index is 11.3. The SMILES string of the molecule is CCOC(=O)OC(=O)c1ccccc1N. The van der Waals surface area contributed by atoms with Crippen molar-refractivity contribution in [3.8, 4) is 0 Å². The second-order valence-electron chi connectivity index (χ2n) is 2.66. The van der Waals surface area contributed by atoms with Gasteiger partial charge in [0, 0.05) is 5.69 Å². The first-order valence-electron chi connectivity index (χ1n) is 4.38. The molecule has 1 aromatic rings. The summed E-state index contributed by atoms with van der Waals surface area (Å²) in [5.41, 5.74) is 5.92. The Hall–Kier alpha value is -2.04. The van der Waals surface area contributed by atoms with E-state index in [0.717, 1.165) is 0 Å². The highest BCUT2D eigenvalue weighted by Gasteiger charge is 2.15. The van der Waals surface area contributed by atoms with E-state index in [1.54, 1.807) is 25.1 Å². The van der Waals surface area contributed by atoms with Gasteiger partial charge in [0.25, 0.3) is 0 Å². The van der Waals surface area contributed by atoms with Crippen LogP contribution >= 0.6 is 0 Å². The summed E-state index contributed by atoms with van der Waals surface area (Å²) in [6.45, 7) is 1.76. The molecule has 0 radical (unpaired) electrons. The highest BCUT2D eigenvalue weighted by Crippen LogP contribution is 2.11. The molecule has 0 fully saturated rings. The fraction of sp³-hybridized carbons (Fsp3) is 0.200. The summed E-state index contributed by atoms with van der Waals surface area (Å²) < 4.78 is 8.83. The summed E-state index contributed by atoms with van der Waals surface area (Å²) in [4.78, 5) is 22.2. The zero-order chi connectivity index (χ0) is 11.3. The van der Waals surface area contributed by atoms with Crippen LogP contribution in [0.1, 0.15) is 17.3 Å². The fourth-order valence-electron chi connectivity index (χ4n) is 0.961. The average molecular weight is 209 g/mol. The number of carbonyl (C=O) groups excluding carboxylic acids is 2. The monoisotopic (exact) mass is 209 g/mol. The lowest BCUT2D eigenvalue weighted by Crippen LogP contribution is -2.15. The van der Waals surface area contributed by atoms with E-state index in [-0.39, 0.29) is 17.9 Å². The Balaban J connectivity index is 2.70. The van der Waals surface area contributed by atoms with E-state index < -0.39 is 12.1 Å². The van der Waals surface area contributed by atoms with E-state index in [9.17, 15) is 9.59 Å². The summed E-state index contributed by atoms with van der Waals surface area (Å²) in [5.74, 6) is -0.813. The molecule has 1 rings (SSSR count). The van der Waals surface area contributed by atoms with E-state index in [1.165, 1.54) is 6.07 Å². The first-order chi connectivity index (χ1) is 7.15. The molecule has 0 saturated heterocycles. The van der Waals surface area contributed by atoms with Crippen molar-refractivity contribution in [1.82, 2.24) is 0 Å². The van der Waals surface area contributed by atoms with E-state index in [4.69, 9.17) is 5.73 Å². The van der Waals surface area contributed by atoms with Gasteiger partial charge >= 0.3 is 12.1 Å². The Morgan fingerprint density at radius 2 is 2.00 bits per heavy atom. The van der Waals surface area contributed by atoms with Gasteiger partial charge in [-0.05, 0) is 19.1 Å². The number of nitrogen functional groups attached to an aromatic ring is 1. The van der Waals surface area contributed by atoms with Gasteiger partial charge in [-0.15, -0.1) is 0 Å². The molecule has 5 nitrogen and oxygen atoms in total. The maximum Gasteiger partial charge on any atom is 0.516 e. The second-order valence-corrected chi connectivity index (χ2v) is 2.66. The van der Waals surface area contributed by atoms with Crippen LogP contribution in [0.15, 0.2) is 24.3 Å². The zero-order valence-corrected chi connectivity index (χ0v) is 8.23. The van der Waals surface area contributed by atoms with E-state index >= 15 is 0 Å². The molecule has 0 spiro atoms. The molecule has 0 atom stereocenters. The van der Waals surface area contributed by atoms with Crippen molar-refractivity contribution in [1.29, 1.82) is 0 Å². The number of carbonyl (C=O) groups is 2. The molecule has 80 valence electrons.